The van der Waals surface area contributed by atoms with Crippen LogP contribution in [0.3, 0.4) is 0 Å². The second-order valence-corrected chi connectivity index (χ2v) is 11.1. The minimum Gasteiger partial charge on any atom is -0.493 e. The average molecular weight is 556 g/mol. The van der Waals surface area contributed by atoms with Gasteiger partial charge in [-0.3, -0.25) is 9.59 Å². The fourth-order valence-corrected chi connectivity index (χ4v) is 5.39. The van der Waals surface area contributed by atoms with Gasteiger partial charge in [-0.1, -0.05) is 0 Å². The highest BCUT2D eigenvalue weighted by molar-refractivity contribution is 5.95. The molecule has 1 saturated carbocycles. The number of methoxy groups -OCH3 is 2. The van der Waals surface area contributed by atoms with Crippen LogP contribution < -0.4 is 14.8 Å². The molecule has 0 unspecified atom stereocenters. The Balaban J connectivity index is 1.40. The summed E-state index contributed by atoms with van der Waals surface area (Å²) in [6.07, 6.45) is 5.62. The largest absolute Gasteiger partial charge is 0.493 e. The van der Waals surface area contributed by atoms with Gasteiger partial charge in [0, 0.05) is 76.8 Å². The lowest BCUT2D eigenvalue weighted by Crippen LogP contribution is -2.45. The van der Waals surface area contributed by atoms with E-state index < -0.39 is 0 Å². The number of nitrogens with one attached hydrogen (secondary N) is 1. The third-order valence-corrected chi connectivity index (χ3v) is 7.86. The number of hydrogen-bond acceptors (Lipinski definition) is 7. The summed E-state index contributed by atoms with van der Waals surface area (Å²) in [5.41, 5.74) is 0.575. The molecule has 40 heavy (non-hydrogen) atoms. The Bertz CT molecular complexity index is 1080. The zero-order valence-corrected chi connectivity index (χ0v) is 24.4. The maximum Gasteiger partial charge on any atom is 0.254 e. The molecule has 2 fully saturated rings. The zero-order chi connectivity index (χ0) is 28.5. The van der Waals surface area contributed by atoms with Crippen LogP contribution in [0.5, 0.6) is 11.5 Å². The van der Waals surface area contributed by atoms with Gasteiger partial charge in [0.1, 0.15) is 5.76 Å². The average Bonchev–Trinajstić information content (AvgIpc) is 3.47. The van der Waals surface area contributed by atoms with Gasteiger partial charge >= 0.3 is 0 Å². The van der Waals surface area contributed by atoms with Crippen LogP contribution in [0.4, 0.5) is 0 Å². The number of amides is 2. The van der Waals surface area contributed by atoms with Gasteiger partial charge in [0.15, 0.2) is 11.5 Å². The molecule has 2 heterocycles. The van der Waals surface area contributed by atoms with Crippen LogP contribution in [-0.2, 0) is 16.0 Å². The highest BCUT2D eigenvalue weighted by Crippen LogP contribution is 2.32. The zero-order valence-electron chi connectivity index (χ0n) is 24.4. The summed E-state index contributed by atoms with van der Waals surface area (Å²) >= 11 is 0. The highest BCUT2D eigenvalue weighted by Gasteiger charge is 2.38. The lowest BCUT2D eigenvalue weighted by Gasteiger charge is -2.33. The van der Waals surface area contributed by atoms with Crippen molar-refractivity contribution in [3.05, 3.63) is 47.9 Å². The molecule has 1 aromatic carbocycles. The Hall–Kier alpha value is -3.04. The first kappa shape index (κ1) is 29.9. The summed E-state index contributed by atoms with van der Waals surface area (Å²) in [7, 11) is 3.26. The topological polar surface area (TPSA) is 93.5 Å². The molecule has 9 nitrogen and oxygen atoms in total. The van der Waals surface area contributed by atoms with Crippen molar-refractivity contribution in [2.24, 2.45) is 11.8 Å². The molecule has 1 aliphatic carbocycles. The van der Waals surface area contributed by atoms with Crippen molar-refractivity contribution < 1.29 is 28.2 Å². The predicted octanol–water partition coefficient (Wildman–Crippen LogP) is 4.01. The van der Waals surface area contributed by atoms with Crippen LogP contribution in [0, 0.1) is 11.8 Å². The van der Waals surface area contributed by atoms with E-state index in [9.17, 15) is 9.59 Å². The van der Waals surface area contributed by atoms with Crippen molar-refractivity contribution in [3.8, 4) is 11.5 Å². The van der Waals surface area contributed by atoms with Gasteiger partial charge in [-0.15, -0.1) is 0 Å². The summed E-state index contributed by atoms with van der Waals surface area (Å²) in [6.45, 7) is 8.21. The molecular formula is C31H45N3O6. The standard InChI is InChI=1S/C31H45N3O6/c1-22(2)33(31(36)23-8-12-28(38-4)29(17-23)40-16-6-14-37-3)20-24-18-32-19-25(24)21-34(26-9-10-26)30(35)13-11-27-7-5-15-39-27/h5,7-8,12,15,17,22,24-26,32H,6,9-11,13-14,16,18-21H2,1-4H3/t24-,25-/m0/s1. The highest BCUT2D eigenvalue weighted by atomic mass is 16.5. The first-order chi connectivity index (χ1) is 19.4. The van der Waals surface area contributed by atoms with E-state index in [2.05, 4.69) is 24.1 Å². The number of carbonyl (C=O) groups excluding carboxylic acids is 2. The summed E-state index contributed by atoms with van der Waals surface area (Å²) in [6, 6.07) is 9.51. The summed E-state index contributed by atoms with van der Waals surface area (Å²) in [5.74, 6) is 2.71. The van der Waals surface area contributed by atoms with Crippen LogP contribution in [0.2, 0.25) is 0 Å². The molecular weight excluding hydrogens is 510 g/mol. The van der Waals surface area contributed by atoms with Gasteiger partial charge in [0.05, 0.1) is 20.0 Å². The van der Waals surface area contributed by atoms with Crippen molar-refractivity contribution in [1.29, 1.82) is 0 Å². The van der Waals surface area contributed by atoms with Crippen molar-refractivity contribution in [3.63, 3.8) is 0 Å². The van der Waals surface area contributed by atoms with Crippen LogP contribution in [0.15, 0.2) is 41.0 Å². The molecule has 2 aromatic rings. The first-order valence-corrected chi connectivity index (χ1v) is 14.5. The van der Waals surface area contributed by atoms with Crippen molar-refractivity contribution in [1.82, 2.24) is 15.1 Å². The van der Waals surface area contributed by atoms with Crippen molar-refractivity contribution in [2.45, 2.75) is 58.0 Å². The monoisotopic (exact) mass is 555 g/mol. The van der Waals surface area contributed by atoms with E-state index in [1.165, 1.54) is 0 Å². The van der Waals surface area contributed by atoms with Crippen LogP contribution in [0.25, 0.3) is 0 Å². The molecule has 9 heteroatoms. The molecule has 0 radical (unpaired) electrons. The smallest absolute Gasteiger partial charge is 0.254 e. The molecule has 1 saturated heterocycles. The normalized spacial score (nSPS) is 18.6. The second kappa shape index (κ2) is 14.6. The number of benzene rings is 1. The molecule has 1 aliphatic heterocycles. The minimum absolute atomic E-state index is 0.0244. The van der Waals surface area contributed by atoms with Crippen molar-refractivity contribution >= 4 is 11.8 Å². The Kier molecular flexibility index (Phi) is 10.9. The lowest BCUT2D eigenvalue weighted by molar-refractivity contribution is -0.132. The molecule has 0 bridgehead atoms. The molecule has 2 aliphatic rings. The van der Waals surface area contributed by atoms with E-state index in [0.29, 0.717) is 55.7 Å². The molecule has 0 spiro atoms. The van der Waals surface area contributed by atoms with Gasteiger partial charge in [-0.2, -0.15) is 0 Å². The number of hydrogen-bond donors (Lipinski definition) is 1. The Morgan fingerprint density at radius 1 is 1.05 bits per heavy atom. The molecule has 1 aromatic heterocycles. The van der Waals surface area contributed by atoms with Gasteiger partial charge in [-0.25, -0.2) is 0 Å². The van der Waals surface area contributed by atoms with E-state index in [1.807, 2.05) is 17.0 Å². The maximum atomic E-state index is 13.8. The number of furan rings is 1. The second-order valence-electron chi connectivity index (χ2n) is 11.1. The Morgan fingerprint density at radius 2 is 1.82 bits per heavy atom. The van der Waals surface area contributed by atoms with E-state index >= 15 is 0 Å². The number of aryl methyl sites for hydroxylation is 1. The van der Waals surface area contributed by atoms with E-state index in [1.54, 1.807) is 38.7 Å². The van der Waals surface area contributed by atoms with Gasteiger partial charge in [0.2, 0.25) is 5.91 Å². The molecule has 2 atom stereocenters. The SMILES string of the molecule is COCCCOc1cc(C(=O)N(C[C@@H]2CNC[C@H]2CN(C(=O)CCc2ccco2)C2CC2)C(C)C)ccc1OC. The van der Waals surface area contributed by atoms with Crippen LogP contribution in [0.1, 0.15) is 55.6 Å². The number of carbonyl (C=O) groups is 2. The molecule has 2 amide bonds. The third kappa shape index (κ3) is 8.01. The fraction of sp³-hybridized carbons (Fsp3) is 0.613. The number of nitrogens with zero attached hydrogens (tertiary/aromatic N) is 2. The summed E-state index contributed by atoms with van der Waals surface area (Å²) in [4.78, 5) is 31.0. The van der Waals surface area contributed by atoms with Crippen molar-refractivity contribution in [2.75, 3.05) is 53.6 Å². The Morgan fingerprint density at radius 3 is 2.48 bits per heavy atom. The quantitative estimate of drug-likeness (QED) is 0.313. The van der Waals surface area contributed by atoms with Crippen LogP contribution in [-0.4, -0.2) is 87.3 Å². The molecule has 220 valence electrons. The minimum atomic E-state index is -0.0291. The number of ether oxygens (including phenoxy) is 3. The third-order valence-electron chi connectivity index (χ3n) is 7.86. The van der Waals surface area contributed by atoms with E-state index in [0.717, 1.165) is 44.7 Å². The fourth-order valence-electron chi connectivity index (χ4n) is 5.39. The van der Waals surface area contributed by atoms with Gasteiger partial charge in [-0.05, 0) is 68.9 Å². The lowest BCUT2D eigenvalue weighted by atomic mass is 9.93. The van der Waals surface area contributed by atoms with Gasteiger partial charge in [0.25, 0.3) is 5.91 Å². The van der Waals surface area contributed by atoms with Gasteiger partial charge < -0.3 is 33.7 Å². The number of rotatable bonds is 16. The summed E-state index contributed by atoms with van der Waals surface area (Å²) in [5, 5.41) is 3.52. The maximum absolute atomic E-state index is 13.8. The van der Waals surface area contributed by atoms with E-state index in [4.69, 9.17) is 18.6 Å². The van der Waals surface area contributed by atoms with Crippen LogP contribution >= 0.6 is 0 Å². The molecule has 4 rings (SSSR count). The summed E-state index contributed by atoms with van der Waals surface area (Å²) < 4.78 is 21.9. The van der Waals surface area contributed by atoms with E-state index in [-0.39, 0.29) is 29.7 Å². The Labute approximate surface area is 238 Å². The first-order valence-electron chi connectivity index (χ1n) is 14.5. The predicted molar refractivity (Wildman–Crippen MR) is 153 cm³/mol. The molecule has 1 N–H and O–H groups in total.